The van der Waals surface area contributed by atoms with E-state index in [2.05, 4.69) is 20.3 Å². The number of benzene rings is 2. The van der Waals surface area contributed by atoms with Gasteiger partial charge in [0, 0.05) is 24.4 Å². The monoisotopic (exact) mass is 468 g/mol. The number of aromatic nitrogens is 3. The van der Waals surface area contributed by atoms with E-state index in [1.54, 1.807) is 6.20 Å². The SMILES string of the molecule is CCC(=O)CCCCC[C@H](NC(=O)Cc1cccc2ncccc12)c1ncc(-c2ccccc2)[nH]1. The van der Waals surface area contributed by atoms with Gasteiger partial charge in [0.15, 0.2) is 0 Å². The molecule has 2 aromatic carbocycles. The number of nitrogens with zero attached hydrogens (tertiary/aromatic N) is 2. The number of imidazole rings is 1. The molecule has 4 aromatic rings. The lowest BCUT2D eigenvalue weighted by molar-refractivity contribution is -0.121. The fourth-order valence-electron chi connectivity index (χ4n) is 4.32. The Balaban J connectivity index is 1.46. The summed E-state index contributed by atoms with van der Waals surface area (Å²) < 4.78 is 0. The molecule has 0 saturated carbocycles. The first-order valence-corrected chi connectivity index (χ1v) is 12.4. The van der Waals surface area contributed by atoms with Crippen molar-refractivity contribution in [2.75, 3.05) is 0 Å². The Hall–Kier alpha value is -3.80. The zero-order valence-corrected chi connectivity index (χ0v) is 20.2. The predicted molar refractivity (Wildman–Crippen MR) is 139 cm³/mol. The van der Waals surface area contributed by atoms with E-state index in [4.69, 9.17) is 0 Å². The summed E-state index contributed by atoms with van der Waals surface area (Å²) in [5.74, 6) is 1.00. The maximum absolute atomic E-state index is 13.1. The second-order valence-electron chi connectivity index (χ2n) is 8.82. The van der Waals surface area contributed by atoms with Crippen molar-refractivity contribution < 1.29 is 9.59 Å². The molecule has 2 heterocycles. The lowest BCUT2D eigenvalue weighted by atomic mass is 10.0. The smallest absolute Gasteiger partial charge is 0.225 e. The van der Waals surface area contributed by atoms with Crippen LogP contribution in [0.5, 0.6) is 0 Å². The average molecular weight is 469 g/mol. The Morgan fingerprint density at radius 1 is 0.943 bits per heavy atom. The van der Waals surface area contributed by atoms with Gasteiger partial charge < -0.3 is 10.3 Å². The molecule has 0 aliphatic heterocycles. The van der Waals surface area contributed by atoms with E-state index in [-0.39, 0.29) is 18.4 Å². The standard InChI is InChI=1S/C29H32N4O2/c1-2-23(34)14-7-4-8-16-26(29-31-20-27(33-29)21-11-5-3-6-12-21)32-28(35)19-22-13-9-17-25-24(22)15-10-18-30-25/h3,5-6,9-13,15,17-18,20,26H,2,4,7-8,14,16,19H2,1H3,(H,31,33)(H,32,35)/t26-/m0/s1. The molecule has 0 radical (unpaired) electrons. The van der Waals surface area contributed by atoms with Crippen LogP contribution >= 0.6 is 0 Å². The van der Waals surface area contributed by atoms with E-state index in [1.165, 1.54) is 0 Å². The summed E-state index contributed by atoms with van der Waals surface area (Å²) in [6.07, 6.45) is 8.56. The van der Waals surface area contributed by atoms with Crippen molar-refractivity contribution in [2.24, 2.45) is 0 Å². The highest BCUT2D eigenvalue weighted by atomic mass is 16.1. The number of hydrogen-bond acceptors (Lipinski definition) is 4. The molecule has 0 unspecified atom stereocenters. The lowest BCUT2D eigenvalue weighted by Crippen LogP contribution is -2.30. The zero-order chi connectivity index (χ0) is 24.5. The molecule has 6 nitrogen and oxygen atoms in total. The van der Waals surface area contributed by atoms with Gasteiger partial charge in [-0.2, -0.15) is 0 Å². The number of unbranched alkanes of at least 4 members (excludes halogenated alkanes) is 2. The summed E-state index contributed by atoms with van der Waals surface area (Å²) in [5.41, 5.74) is 3.81. The van der Waals surface area contributed by atoms with E-state index >= 15 is 0 Å². The number of rotatable bonds is 12. The maximum atomic E-state index is 13.1. The molecule has 4 rings (SSSR count). The second-order valence-corrected chi connectivity index (χ2v) is 8.82. The molecule has 35 heavy (non-hydrogen) atoms. The Labute approximate surface area is 206 Å². The molecule has 6 heteroatoms. The van der Waals surface area contributed by atoms with Crippen molar-refractivity contribution in [3.8, 4) is 11.3 Å². The van der Waals surface area contributed by atoms with Crippen molar-refractivity contribution in [3.63, 3.8) is 0 Å². The van der Waals surface area contributed by atoms with Crippen LogP contribution in [0.25, 0.3) is 22.2 Å². The fourth-order valence-corrected chi connectivity index (χ4v) is 4.32. The third-order valence-corrected chi connectivity index (χ3v) is 6.28. The Morgan fingerprint density at radius 3 is 2.63 bits per heavy atom. The molecule has 0 spiro atoms. The van der Waals surface area contributed by atoms with Crippen molar-refractivity contribution >= 4 is 22.6 Å². The highest BCUT2D eigenvalue weighted by Crippen LogP contribution is 2.23. The van der Waals surface area contributed by atoms with Crippen LogP contribution < -0.4 is 5.32 Å². The number of fused-ring (bicyclic) bond motifs is 1. The minimum Gasteiger partial charge on any atom is -0.346 e. The highest BCUT2D eigenvalue weighted by Gasteiger charge is 2.19. The first-order chi connectivity index (χ1) is 17.1. The van der Waals surface area contributed by atoms with Crippen LogP contribution in [-0.4, -0.2) is 26.6 Å². The number of pyridine rings is 1. The van der Waals surface area contributed by atoms with Gasteiger partial charge in [-0.15, -0.1) is 0 Å². The van der Waals surface area contributed by atoms with Crippen molar-refractivity contribution in [2.45, 2.75) is 57.9 Å². The van der Waals surface area contributed by atoms with Crippen molar-refractivity contribution in [1.82, 2.24) is 20.3 Å². The first-order valence-electron chi connectivity index (χ1n) is 12.4. The number of aromatic amines is 1. The third kappa shape index (κ3) is 6.63. The summed E-state index contributed by atoms with van der Waals surface area (Å²) in [6.45, 7) is 1.90. The van der Waals surface area contributed by atoms with Crippen molar-refractivity contribution in [1.29, 1.82) is 0 Å². The number of amides is 1. The predicted octanol–water partition coefficient (Wildman–Crippen LogP) is 5.95. The normalized spacial score (nSPS) is 11.9. The number of ketones is 1. The third-order valence-electron chi connectivity index (χ3n) is 6.28. The molecular weight excluding hydrogens is 436 g/mol. The average Bonchev–Trinajstić information content (AvgIpc) is 3.39. The van der Waals surface area contributed by atoms with E-state index in [0.717, 1.165) is 59.2 Å². The zero-order valence-electron chi connectivity index (χ0n) is 20.2. The molecule has 2 N–H and O–H groups in total. The van der Waals surface area contributed by atoms with Gasteiger partial charge in [-0.05, 0) is 36.1 Å². The van der Waals surface area contributed by atoms with E-state index < -0.39 is 0 Å². The Kier molecular flexibility index (Phi) is 8.39. The number of carbonyl (C=O) groups excluding carboxylic acids is 2. The topological polar surface area (TPSA) is 87.7 Å². The largest absolute Gasteiger partial charge is 0.346 e. The molecule has 0 fully saturated rings. The molecular formula is C29H32N4O2. The van der Waals surface area contributed by atoms with Gasteiger partial charge in [-0.1, -0.05) is 68.3 Å². The minimum absolute atomic E-state index is 0.0508. The van der Waals surface area contributed by atoms with Gasteiger partial charge in [-0.25, -0.2) is 4.98 Å². The van der Waals surface area contributed by atoms with Crippen LogP contribution in [-0.2, 0) is 16.0 Å². The number of H-pyrrole nitrogens is 1. The van der Waals surface area contributed by atoms with Gasteiger partial charge in [0.25, 0.3) is 0 Å². The quantitative estimate of drug-likeness (QED) is 0.251. The lowest BCUT2D eigenvalue weighted by Gasteiger charge is -2.17. The van der Waals surface area contributed by atoms with Crippen molar-refractivity contribution in [3.05, 3.63) is 84.4 Å². The van der Waals surface area contributed by atoms with Gasteiger partial charge in [-0.3, -0.25) is 14.6 Å². The van der Waals surface area contributed by atoms with Crippen LogP contribution in [0.15, 0.2) is 73.1 Å². The van der Waals surface area contributed by atoms with Crippen LogP contribution in [0.4, 0.5) is 0 Å². The van der Waals surface area contributed by atoms with E-state index in [0.29, 0.717) is 18.6 Å². The molecule has 180 valence electrons. The summed E-state index contributed by atoms with van der Waals surface area (Å²) in [6, 6.07) is 19.6. The summed E-state index contributed by atoms with van der Waals surface area (Å²) >= 11 is 0. The number of hydrogen-bond donors (Lipinski definition) is 2. The number of carbonyl (C=O) groups is 2. The maximum Gasteiger partial charge on any atom is 0.225 e. The summed E-state index contributed by atoms with van der Waals surface area (Å²) in [4.78, 5) is 37.1. The van der Waals surface area contributed by atoms with Gasteiger partial charge in [0.2, 0.25) is 5.91 Å². The molecule has 2 aromatic heterocycles. The van der Waals surface area contributed by atoms with E-state index in [1.807, 2.05) is 73.8 Å². The molecule has 0 bridgehead atoms. The van der Waals surface area contributed by atoms with Crippen LogP contribution in [0.3, 0.4) is 0 Å². The molecule has 0 saturated heterocycles. The van der Waals surface area contributed by atoms with Gasteiger partial charge >= 0.3 is 0 Å². The fraction of sp³-hybridized carbons (Fsp3) is 0.310. The molecule has 0 aliphatic carbocycles. The van der Waals surface area contributed by atoms with Gasteiger partial charge in [0.1, 0.15) is 11.6 Å². The Bertz CT molecular complexity index is 1260. The molecule has 0 aliphatic rings. The van der Waals surface area contributed by atoms with Crippen LogP contribution in [0, 0.1) is 0 Å². The van der Waals surface area contributed by atoms with E-state index in [9.17, 15) is 9.59 Å². The number of Topliss-reactive ketones (excluding diaryl/α,β-unsaturated/α-hetero) is 1. The number of nitrogens with one attached hydrogen (secondary N) is 2. The molecule has 1 amide bonds. The minimum atomic E-state index is -0.227. The van der Waals surface area contributed by atoms with Crippen LogP contribution in [0.2, 0.25) is 0 Å². The summed E-state index contributed by atoms with van der Waals surface area (Å²) in [7, 11) is 0. The Morgan fingerprint density at radius 2 is 1.80 bits per heavy atom. The summed E-state index contributed by atoms with van der Waals surface area (Å²) in [5, 5.41) is 4.19. The highest BCUT2D eigenvalue weighted by molar-refractivity contribution is 5.88. The second kappa shape index (κ2) is 12.1. The van der Waals surface area contributed by atoms with Gasteiger partial charge in [0.05, 0.1) is 29.9 Å². The molecule has 1 atom stereocenters. The first kappa shape index (κ1) is 24.3. The van der Waals surface area contributed by atoms with Crippen LogP contribution in [0.1, 0.15) is 62.9 Å².